The quantitative estimate of drug-likeness (QED) is 0.447. The zero-order chi connectivity index (χ0) is 20.6. The van der Waals surface area contributed by atoms with E-state index in [-0.39, 0.29) is 6.04 Å². The molecule has 0 saturated heterocycles. The van der Waals surface area contributed by atoms with Crippen molar-refractivity contribution in [3.63, 3.8) is 0 Å². The van der Waals surface area contributed by atoms with Gasteiger partial charge in [0, 0.05) is 19.5 Å². The van der Waals surface area contributed by atoms with Gasteiger partial charge < -0.3 is 19.6 Å². The molecule has 0 spiro atoms. The van der Waals surface area contributed by atoms with Crippen molar-refractivity contribution >= 4 is 5.96 Å². The Bertz CT molecular complexity index is 938. The molecule has 0 amide bonds. The summed E-state index contributed by atoms with van der Waals surface area (Å²) in [5.41, 5.74) is 0.614. The minimum absolute atomic E-state index is 0.283. The molecule has 2 aromatic heterocycles. The molecule has 1 unspecified atom stereocenters. The molecule has 1 atom stereocenters. The van der Waals surface area contributed by atoms with Crippen LogP contribution < -0.4 is 10.6 Å². The smallest absolute Gasteiger partial charge is 0.192 e. The minimum Gasteiger partial charge on any atom is -0.467 e. The number of aromatic nitrogens is 3. The zero-order valence-corrected chi connectivity index (χ0v) is 16.4. The number of nitrogens with one attached hydrogen (secondary N) is 2. The van der Waals surface area contributed by atoms with Crippen LogP contribution in [0.5, 0.6) is 0 Å². The zero-order valence-electron chi connectivity index (χ0n) is 16.4. The van der Waals surface area contributed by atoms with Gasteiger partial charge in [0.2, 0.25) is 0 Å². The molecule has 0 aliphatic heterocycles. The highest BCUT2D eigenvalue weighted by Gasteiger charge is 2.12. The Morgan fingerprint density at radius 3 is 2.86 bits per heavy atom. The second-order valence-electron chi connectivity index (χ2n) is 6.50. The first-order valence-corrected chi connectivity index (χ1v) is 9.45. The molecular formula is C20H24F2N6O. The third-order valence-electron chi connectivity index (χ3n) is 4.43. The van der Waals surface area contributed by atoms with Gasteiger partial charge in [0.05, 0.1) is 12.3 Å². The number of hydrogen-bond acceptors (Lipinski definition) is 4. The number of hydrogen-bond donors (Lipinski definition) is 2. The third kappa shape index (κ3) is 5.63. The van der Waals surface area contributed by atoms with Crippen molar-refractivity contribution < 1.29 is 13.2 Å². The van der Waals surface area contributed by atoms with Gasteiger partial charge in [-0.25, -0.2) is 13.8 Å². The predicted molar refractivity (Wildman–Crippen MR) is 105 cm³/mol. The number of nitrogens with zero attached hydrogens (tertiary/aromatic N) is 4. The number of rotatable bonds is 8. The maximum atomic E-state index is 13.6. The first kappa shape index (κ1) is 20.5. The molecule has 7 nitrogen and oxygen atoms in total. The number of guanidine groups is 1. The van der Waals surface area contributed by atoms with E-state index in [1.807, 2.05) is 24.5 Å². The molecule has 3 aromatic rings. The lowest BCUT2D eigenvalue weighted by Crippen LogP contribution is -2.40. The predicted octanol–water partition coefficient (Wildman–Crippen LogP) is 3.21. The molecule has 154 valence electrons. The summed E-state index contributed by atoms with van der Waals surface area (Å²) in [6.07, 6.45) is 4.08. The highest BCUT2D eigenvalue weighted by molar-refractivity contribution is 5.80. The van der Waals surface area contributed by atoms with Gasteiger partial charge in [-0.2, -0.15) is 0 Å². The van der Waals surface area contributed by atoms with Crippen LogP contribution in [0.1, 0.15) is 37.0 Å². The topological polar surface area (TPSA) is 80.3 Å². The lowest BCUT2D eigenvalue weighted by Gasteiger charge is -2.19. The van der Waals surface area contributed by atoms with Crippen molar-refractivity contribution in [2.24, 2.45) is 4.99 Å². The Balaban J connectivity index is 1.66. The lowest BCUT2D eigenvalue weighted by molar-refractivity contribution is 0.504. The molecule has 29 heavy (non-hydrogen) atoms. The van der Waals surface area contributed by atoms with Crippen LogP contribution in [0.2, 0.25) is 0 Å². The van der Waals surface area contributed by atoms with Crippen LogP contribution in [-0.4, -0.2) is 27.3 Å². The molecule has 3 rings (SSSR count). The molecule has 0 aliphatic carbocycles. The van der Waals surface area contributed by atoms with Crippen LogP contribution in [0.4, 0.5) is 8.78 Å². The summed E-state index contributed by atoms with van der Waals surface area (Å²) in [6.45, 7) is 5.47. The first-order chi connectivity index (χ1) is 14.1. The average Bonchev–Trinajstić information content (AvgIpc) is 3.39. The highest BCUT2D eigenvalue weighted by Crippen LogP contribution is 2.16. The van der Waals surface area contributed by atoms with Crippen molar-refractivity contribution in [3.8, 4) is 0 Å². The van der Waals surface area contributed by atoms with E-state index in [4.69, 9.17) is 4.42 Å². The van der Waals surface area contributed by atoms with Crippen LogP contribution >= 0.6 is 0 Å². The number of aryl methyl sites for hydroxylation is 1. The van der Waals surface area contributed by atoms with Gasteiger partial charge in [-0.3, -0.25) is 0 Å². The molecule has 1 aromatic carbocycles. The summed E-state index contributed by atoms with van der Waals surface area (Å²) in [5.74, 6) is 0.414. The molecule has 2 heterocycles. The highest BCUT2D eigenvalue weighted by atomic mass is 19.2. The van der Waals surface area contributed by atoms with Gasteiger partial charge in [0.25, 0.3) is 0 Å². The van der Waals surface area contributed by atoms with E-state index in [1.54, 1.807) is 24.7 Å². The van der Waals surface area contributed by atoms with E-state index in [0.29, 0.717) is 31.2 Å². The average molecular weight is 402 g/mol. The fourth-order valence-corrected chi connectivity index (χ4v) is 2.82. The van der Waals surface area contributed by atoms with E-state index in [2.05, 4.69) is 25.8 Å². The maximum absolute atomic E-state index is 13.6. The Morgan fingerprint density at radius 2 is 2.14 bits per heavy atom. The largest absolute Gasteiger partial charge is 0.467 e. The van der Waals surface area contributed by atoms with Gasteiger partial charge in [-0.15, -0.1) is 10.2 Å². The summed E-state index contributed by atoms with van der Waals surface area (Å²) in [7, 11) is 0. The van der Waals surface area contributed by atoms with E-state index in [9.17, 15) is 8.78 Å². The first-order valence-electron chi connectivity index (χ1n) is 9.45. The molecule has 0 fully saturated rings. The molecule has 9 heteroatoms. The van der Waals surface area contributed by atoms with E-state index in [1.165, 1.54) is 6.07 Å². The monoisotopic (exact) mass is 402 g/mol. The molecule has 0 bridgehead atoms. The van der Waals surface area contributed by atoms with Gasteiger partial charge in [0.15, 0.2) is 17.6 Å². The van der Waals surface area contributed by atoms with Gasteiger partial charge >= 0.3 is 0 Å². The van der Waals surface area contributed by atoms with Crippen LogP contribution in [0.25, 0.3) is 0 Å². The Morgan fingerprint density at radius 1 is 1.28 bits per heavy atom. The van der Waals surface area contributed by atoms with Crippen LogP contribution in [0.15, 0.2) is 52.3 Å². The third-order valence-corrected chi connectivity index (χ3v) is 4.43. The summed E-state index contributed by atoms with van der Waals surface area (Å²) in [5, 5.41) is 14.5. The normalized spacial score (nSPS) is 12.8. The number of halogens is 2. The summed E-state index contributed by atoms with van der Waals surface area (Å²) in [6, 6.07) is 7.20. The van der Waals surface area contributed by atoms with Crippen LogP contribution in [-0.2, 0) is 19.5 Å². The molecular weight excluding hydrogens is 378 g/mol. The summed E-state index contributed by atoms with van der Waals surface area (Å²) >= 11 is 0. The van der Waals surface area contributed by atoms with E-state index >= 15 is 0 Å². The van der Waals surface area contributed by atoms with Crippen molar-refractivity contribution in [2.75, 3.05) is 6.54 Å². The van der Waals surface area contributed by atoms with Crippen LogP contribution in [0.3, 0.4) is 0 Å². The summed E-state index contributed by atoms with van der Waals surface area (Å²) < 4.78 is 34.1. The Hall–Kier alpha value is -3.23. The molecule has 0 saturated carbocycles. The lowest BCUT2D eigenvalue weighted by atomic mass is 10.1. The Labute approximate surface area is 167 Å². The van der Waals surface area contributed by atoms with E-state index < -0.39 is 11.6 Å². The van der Waals surface area contributed by atoms with Crippen LogP contribution in [0, 0.1) is 11.6 Å². The SMILES string of the molecule is CCc1nncn1CCNC(=NCc1ccco1)NC(C)c1ccc(F)c(F)c1. The van der Waals surface area contributed by atoms with Crippen molar-refractivity contribution in [1.82, 2.24) is 25.4 Å². The molecule has 0 aliphatic rings. The standard InChI is InChI=1S/C20H24F2N6O/c1-3-19-27-25-13-28(19)9-8-23-20(24-12-16-5-4-10-29-16)26-14(2)15-6-7-17(21)18(22)11-15/h4-7,10-11,13-14H,3,8-9,12H2,1-2H3,(H2,23,24,26). The Kier molecular flexibility index (Phi) is 6.94. The molecule has 2 N–H and O–H groups in total. The second-order valence-corrected chi connectivity index (χ2v) is 6.50. The number of benzene rings is 1. The number of furan rings is 1. The van der Waals surface area contributed by atoms with Gasteiger partial charge in [-0.05, 0) is 36.8 Å². The number of aliphatic imine (C=N–C) groups is 1. The molecule has 0 radical (unpaired) electrons. The van der Waals surface area contributed by atoms with Crippen molar-refractivity contribution in [3.05, 3.63) is 71.7 Å². The van der Waals surface area contributed by atoms with Gasteiger partial charge in [0.1, 0.15) is 24.5 Å². The van der Waals surface area contributed by atoms with E-state index in [0.717, 1.165) is 24.1 Å². The minimum atomic E-state index is -0.877. The van der Waals surface area contributed by atoms with Crippen molar-refractivity contribution in [1.29, 1.82) is 0 Å². The van der Waals surface area contributed by atoms with Crippen molar-refractivity contribution in [2.45, 2.75) is 39.4 Å². The van der Waals surface area contributed by atoms with Gasteiger partial charge in [-0.1, -0.05) is 13.0 Å². The summed E-state index contributed by atoms with van der Waals surface area (Å²) in [4.78, 5) is 4.53. The second kappa shape index (κ2) is 9.81. The fourth-order valence-electron chi connectivity index (χ4n) is 2.82. The maximum Gasteiger partial charge on any atom is 0.192 e. The fraction of sp³-hybridized carbons (Fsp3) is 0.350.